The van der Waals surface area contributed by atoms with Crippen molar-refractivity contribution in [2.75, 3.05) is 12.3 Å². The van der Waals surface area contributed by atoms with Gasteiger partial charge in [0.1, 0.15) is 0 Å². The van der Waals surface area contributed by atoms with E-state index in [1.165, 1.54) is 0 Å². The summed E-state index contributed by atoms with van der Waals surface area (Å²) >= 11 is 1.62. The molecular formula is C13H16N4S. The van der Waals surface area contributed by atoms with Crippen LogP contribution in [0, 0.1) is 0 Å². The van der Waals surface area contributed by atoms with Gasteiger partial charge in [-0.25, -0.2) is 0 Å². The first-order valence-corrected chi connectivity index (χ1v) is 6.75. The molecule has 0 amide bonds. The van der Waals surface area contributed by atoms with Crippen LogP contribution in [0.1, 0.15) is 11.4 Å². The molecule has 1 aromatic heterocycles. The molecule has 0 atom stereocenters. The van der Waals surface area contributed by atoms with Gasteiger partial charge in [0, 0.05) is 19.3 Å². The summed E-state index contributed by atoms with van der Waals surface area (Å²) in [6.07, 6.45) is 4.00. The molecule has 0 saturated carbocycles. The van der Waals surface area contributed by atoms with Gasteiger partial charge >= 0.3 is 0 Å². The van der Waals surface area contributed by atoms with E-state index < -0.39 is 0 Å². The predicted octanol–water partition coefficient (Wildman–Crippen LogP) is 2.04. The van der Waals surface area contributed by atoms with Crippen molar-refractivity contribution in [1.82, 2.24) is 14.8 Å². The van der Waals surface area contributed by atoms with Crippen molar-refractivity contribution in [2.24, 2.45) is 12.8 Å². The summed E-state index contributed by atoms with van der Waals surface area (Å²) < 4.78 is 1.97. The molecule has 0 aliphatic heterocycles. The first-order valence-electron chi connectivity index (χ1n) is 5.76. The largest absolute Gasteiger partial charge is 0.330 e. The highest BCUT2D eigenvalue weighted by molar-refractivity contribution is 7.99. The normalized spacial score (nSPS) is 11.2. The maximum atomic E-state index is 5.48. The van der Waals surface area contributed by atoms with Crippen LogP contribution in [0.2, 0.25) is 0 Å². The second kappa shape index (κ2) is 6.37. The number of nitrogens with two attached hydrogens (primary N) is 1. The third kappa shape index (κ3) is 3.21. The minimum atomic E-state index is 0.646. The zero-order valence-electron chi connectivity index (χ0n) is 10.3. The topological polar surface area (TPSA) is 56.7 Å². The highest BCUT2D eigenvalue weighted by atomic mass is 32.2. The summed E-state index contributed by atoms with van der Waals surface area (Å²) in [4.78, 5) is 0. The number of aromatic nitrogens is 3. The predicted molar refractivity (Wildman–Crippen MR) is 76.2 cm³/mol. The molecule has 2 aromatic rings. The number of thioether (sulfide) groups is 1. The molecule has 0 aliphatic carbocycles. The van der Waals surface area contributed by atoms with Gasteiger partial charge in [0.15, 0.2) is 11.0 Å². The number of hydrogen-bond donors (Lipinski definition) is 1. The molecule has 5 heteroatoms. The molecule has 4 nitrogen and oxygen atoms in total. The van der Waals surface area contributed by atoms with Crippen molar-refractivity contribution in [3.05, 3.63) is 41.7 Å². The van der Waals surface area contributed by atoms with Crippen LogP contribution < -0.4 is 5.73 Å². The highest BCUT2D eigenvalue weighted by Gasteiger charge is 2.05. The quantitative estimate of drug-likeness (QED) is 0.836. The fourth-order valence-electron chi connectivity index (χ4n) is 1.48. The van der Waals surface area contributed by atoms with Gasteiger partial charge in [-0.15, -0.1) is 10.2 Å². The average molecular weight is 260 g/mol. The summed E-state index contributed by atoms with van der Waals surface area (Å²) in [5, 5.41) is 9.18. The first-order chi connectivity index (χ1) is 8.81. The van der Waals surface area contributed by atoms with E-state index in [-0.39, 0.29) is 0 Å². The van der Waals surface area contributed by atoms with E-state index in [1.807, 2.05) is 42.0 Å². The lowest BCUT2D eigenvalue weighted by Crippen LogP contribution is -2.02. The Kier molecular flexibility index (Phi) is 4.55. The van der Waals surface area contributed by atoms with E-state index in [0.717, 1.165) is 22.3 Å². The van der Waals surface area contributed by atoms with Crippen molar-refractivity contribution in [3.8, 4) is 0 Å². The maximum Gasteiger partial charge on any atom is 0.191 e. The second-order valence-electron chi connectivity index (χ2n) is 3.78. The van der Waals surface area contributed by atoms with Gasteiger partial charge in [-0.2, -0.15) is 0 Å². The molecule has 1 aromatic carbocycles. The second-order valence-corrected chi connectivity index (χ2v) is 4.84. The molecule has 1 heterocycles. The standard InChI is InChI=1S/C13H16N4S/c1-17-12(15-16-13(17)18-10-9-14)8-7-11-5-3-2-4-6-11/h2-8H,9-10,14H2,1H3/b8-7+. The molecule has 94 valence electrons. The van der Waals surface area contributed by atoms with Gasteiger partial charge < -0.3 is 10.3 Å². The van der Waals surface area contributed by atoms with Crippen LogP contribution in [0.5, 0.6) is 0 Å². The number of rotatable bonds is 5. The van der Waals surface area contributed by atoms with Crippen LogP contribution in [0.15, 0.2) is 35.5 Å². The number of nitrogens with zero attached hydrogens (tertiary/aromatic N) is 3. The lowest BCUT2D eigenvalue weighted by molar-refractivity contribution is 0.782. The summed E-state index contributed by atoms with van der Waals surface area (Å²) in [5.41, 5.74) is 6.63. The van der Waals surface area contributed by atoms with Crippen molar-refractivity contribution < 1.29 is 0 Å². The minimum Gasteiger partial charge on any atom is -0.330 e. The third-order valence-corrected chi connectivity index (χ3v) is 3.50. The van der Waals surface area contributed by atoms with Gasteiger partial charge in [0.25, 0.3) is 0 Å². The number of benzene rings is 1. The van der Waals surface area contributed by atoms with Gasteiger partial charge in [-0.05, 0) is 11.6 Å². The molecule has 2 N–H and O–H groups in total. The Morgan fingerprint density at radius 3 is 2.72 bits per heavy atom. The van der Waals surface area contributed by atoms with Crippen LogP contribution in [0.4, 0.5) is 0 Å². The Bertz CT molecular complexity index is 519. The van der Waals surface area contributed by atoms with Crippen LogP contribution in [0.25, 0.3) is 12.2 Å². The van der Waals surface area contributed by atoms with Crippen LogP contribution >= 0.6 is 11.8 Å². The van der Waals surface area contributed by atoms with E-state index in [9.17, 15) is 0 Å². The molecule has 0 radical (unpaired) electrons. The zero-order valence-corrected chi connectivity index (χ0v) is 11.1. The minimum absolute atomic E-state index is 0.646. The van der Waals surface area contributed by atoms with Crippen LogP contribution in [-0.2, 0) is 7.05 Å². The average Bonchev–Trinajstić information content (AvgIpc) is 2.76. The first kappa shape index (κ1) is 12.9. The van der Waals surface area contributed by atoms with Gasteiger partial charge in [0.2, 0.25) is 0 Å². The molecule has 0 bridgehead atoms. The maximum absolute atomic E-state index is 5.48. The monoisotopic (exact) mass is 260 g/mol. The Morgan fingerprint density at radius 2 is 2.00 bits per heavy atom. The molecule has 0 saturated heterocycles. The van der Waals surface area contributed by atoms with E-state index in [1.54, 1.807) is 11.8 Å². The van der Waals surface area contributed by atoms with Gasteiger partial charge in [0.05, 0.1) is 0 Å². The van der Waals surface area contributed by atoms with E-state index >= 15 is 0 Å². The van der Waals surface area contributed by atoms with Crippen molar-refractivity contribution in [1.29, 1.82) is 0 Å². The Balaban J connectivity index is 2.10. The van der Waals surface area contributed by atoms with E-state index in [0.29, 0.717) is 6.54 Å². The van der Waals surface area contributed by atoms with E-state index in [4.69, 9.17) is 5.73 Å². The summed E-state index contributed by atoms with van der Waals surface area (Å²) in [5.74, 6) is 1.70. The van der Waals surface area contributed by atoms with Gasteiger partial charge in [-0.1, -0.05) is 48.2 Å². The van der Waals surface area contributed by atoms with E-state index in [2.05, 4.69) is 22.3 Å². The fourth-order valence-corrected chi connectivity index (χ4v) is 2.17. The molecule has 2 rings (SSSR count). The summed E-state index contributed by atoms with van der Waals surface area (Å²) in [6, 6.07) is 10.1. The summed E-state index contributed by atoms with van der Waals surface area (Å²) in [7, 11) is 1.96. The highest BCUT2D eigenvalue weighted by Crippen LogP contribution is 2.15. The van der Waals surface area contributed by atoms with Crippen molar-refractivity contribution in [2.45, 2.75) is 5.16 Å². The lowest BCUT2D eigenvalue weighted by Gasteiger charge is -1.99. The smallest absolute Gasteiger partial charge is 0.191 e. The Labute approximate surface area is 111 Å². The lowest BCUT2D eigenvalue weighted by atomic mass is 10.2. The molecule has 18 heavy (non-hydrogen) atoms. The molecule has 0 spiro atoms. The Hall–Kier alpha value is -1.59. The fraction of sp³-hybridized carbons (Fsp3) is 0.231. The third-order valence-electron chi connectivity index (χ3n) is 2.44. The van der Waals surface area contributed by atoms with Crippen LogP contribution in [-0.4, -0.2) is 27.1 Å². The molecule has 0 aliphatic rings. The molecule has 0 unspecified atom stereocenters. The van der Waals surface area contributed by atoms with Crippen molar-refractivity contribution in [3.63, 3.8) is 0 Å². The summed E-state index contributed by atoms with van der Waals surface area (Å²) in [6.45, 7) is 0.646. The van der Waals surface area contributed by atoms with Gasteiger partial charge in [-0.3, -0.25) is 0 Å². The van der Waals surface area contributed by atoms with Crippen LogP contribution in [0.3, 0.4) is 0 Å². The number of hydrogen-bond acceptors (Lipinski definition) is 4. The molecular weight excluding hydrogens is 244 g/mol. The zero-order chi connectivity index (χ0) is 12.8. The SMILES string of the molecule is Cn1c(/C=C/c2ccccc2)nnc1SCCN. The molecule has 0 fully saturated rings. The van der Waals surface area contributed by atoms with Crippen molar-refractivity contribution >= 4 is 23.9 Å². The Morgan fingerprint density at radius 1 is 1.22 bits per heavy atom.